The SMILES string of the molecule is C[C@H](c1ccc(F)cc1CCOC(=O)NCc1cc(F)ccc1F)N(c1cc(F)ccc1F)S(=O)(=O)c1ccc(Cl)cc1. The molecule has 0 aliphatic rings. The van der Waals surface area contributed by atoms with Crippen molar-refractivity contribution in [2.24, 2.45) is 0 Å². The fourth-order valence-electron chi connectivity index (χ4n) is 4.40. The van der Waals surface area contributed by atoms with Gasteiger partial charge in [0.2, 0.25) is 0 Å². The normalized spacial score (nSPS) is 12.1. The van der Waals surface area contributed by atoms with Gasteiger partial charge in [-0.25, -0.2) is 35.2 Å². The van der Waals surface area contributed by atoms with Crippen molar-refractivity contribution < 1.29 is 39.9 Å². The van der Waals surface area contributed by atoms with E-state index in [0.29, 0.717) is 4.31 Å². The van der Waals surface area contributed by atoms with E-state index >= 15 is 4.39 Å². The molecular weight excluding hydrogens is 615 g/mol. The fraction of sp³-hybridized carbons (Fsp3) is 0.167. The number of rotatable bonds is 10. The van der Waals surface area contributed by atoms with Crippen LogP contribution in [0.3, 0.4) is 0 Å². The van der Waals surface area contributed by atoms with Crippen LogP contribution in [0.2, 0.25) is 5.02 Å². The Morgan fingerprint density at radius 2 is 1.42 bits per heavy atom. The summed E-state index contributed by atoms with van der Waals surface area (Å²) >= 11 is 5.91. The second-order valence-electron chi connectivity index (χ2n) is 9.34. The second-order valence-corrected chi connectivity index (χ2v) is 11.6. The van der Waals surface area contributed by atoms with E-state index in [1.54, 1.807) is 0 Å². The third-order valence-electron chi connectivity index (χ3n) is 6.46. The first-order valence-electron chi connectivity index (χ1n) is 12.7. The molecule has 43 heavy (non-hydrogen) atoms. The Morgan fingerprint density at radius 3 is 2.09 bits per heavy atom. The van der Waals surface area contributed by atoms with Crippen LogP contribution in [0.15, 0.2) is 83.8 Å². The molecule has 1 amide bonds. The molecule has 0 radical (unpaired) electrons. The van der Waals surface area contributed by atoms with E-state index in [-0.39, 0.29) is 46.2 Å². The molecule has 0 unspecified atom stereocenters. The maximum absolute atomic E-state index is 15.0. The molecule has 0 spiro atoms. The second kappa shape index (κ2) is 13.4. The van der Waals surface area contributed by atoms with Crippen LogP contribution in [-0.2, 0) is 27.7 Å². The number of hydrogen-bond donors (Lipinski definition) is 1. The van der Waals surface area contributed by atoms with E-state index in [9.17, 15) is 30.8 Å². The Hall–Kier alpha value is -4.16. The third-order valence-corrected chi connectivity index (χ3v) is 8.61. The van der Waals surface area contributed by atoms with Crippen molar-refractivity contribution in [2.75, 3.05) is 10.9 Å². The molecule has 0 saturated carbocycles. The monoisotopic (exact) mass is 638 g/mol. The zero-order valence-corrected chi connectivity index (χ0v) is 24.0. The maximum atomic E-state index is 15.0. The molecule has 0 aliphatic heterocycles. The number of nitrogens with one attached hydrogen (secondary N) is 1. The topological polar surface area (TPSA) is 75.7 Å². The number of carbonyl (C=O) groups is 1. The molecule has 1 N–H and O–H groups in total. The number of hydrogen-bond acceptors (Lipinski definition) is 4. The molecule has 4 aromatic rings. The zero-order chi connectivity index (χ0) is 31.3. The van der Waals surface area contributed by atoms with Crippen LogP contribution in [-0.4, -0.2) is 21.1 Å². The van der Waals surface area contributed by atoms with Gasteiger partial charge in [0.25, 0.3) is 10.0 Å². The van der Waals surface area contributed by atoms with Crippen molar-refractivity contribution in [1.82, 2.24) is 5.32 Å². The van der Waals surface area contributed by atoms with Gasteiger partial charge < -0.3 is 10.1 Å². The van der Waals surface area contributed by atoms with Crippen LogP contribution in [0.4, 0.5) is 32.4 Å². The number of nitrogens with zero attached hydrogens (tertiary/aromatic N) is 1. The number of ether oxygens (including phenoxy) is 1. The Balaban J connectivity index is 1.60. The van der Waals surface area contributed by atoms with Gasteiger partial charge in [0.1, 0.15) is 29.1 Å². The van der Waals surface area contributed by atoms with Gasteiger partial charge in [-0.05, 0) is 84.8 Å². The van der Waals surface area contributed by atoms with Crippen molar-refractivity contribution in [3.8, 4) is 0 Å². The van der Waals surface area contributed by atoms with Crippen LogP contribution >= 0.6 is 11.6 Å². The van der Waals surface area contributed by atoms with E-state index in [4.69, 9.17) is 16.3 Å². The summed E-state index contributed by atoms with van der Waals surface area (Å²) in [6, 6.07) is 12.5. The summed E-state index contributed by atoms with van der Waals surface area (Å²) in [5.41, 5.74) is -0.263. The predicted octanol–water partition coefficient (Wildman–Crippen LogP) is 7.46. The van der Waals surface area contributed by atoms with Gasteiger partial charge in [-0.2, -0.15) is 0 Å². The summed E-state index contributed by atoms with van der Waals surface area (Å²) in [6.45, 7) is 0.732. The van der Waals surface area contributed by atoms with Crippen molar-refractivity contribution in [3.05, 3.63) is 130 Å². The average Bonchev–Trinajstić information content (AvgIpc) is 2.95. The quantitative estimate of drug-likeness (QED) is 0.183. The zero-order valence-electron chi connectivity index (χ0n) is 22.5. The molecule has 1 atom stereocenters. The lowest BCUT2D eigenvalue weighted by Gasteiger charge is -2.32. The fourth-order valence-corrected chi connectivity index (χ4v) is 6.16. The van der Waals surface area contributed by atoms with Gasteiger partial charge in [0.05, 0.1) is 23.2 Å². The summed E-state index contributed by atoms with van der Waals surface area (Å²) in [6.07, 6.45) is -1.08. The Bertz CT molecular complexity index is 1740. The number of benzene rings is 4. The Morgan fingerprint density at radius 1 is 0.837 bits per heavy atom. The summed E-state index contributed by atoms with van der Waals surface area (Å²) in [5, 5.41) is 2.53. The third kappa shape index (κ3) is 7.63. The van der Waals surface area contributed by atoms with Crippen LogP contribution < -0.4 is 9.62 Å². The summed E-state index contributed by atoms with van der Waals surface area (Å²) in [5.74, 6) is -4.01. The van der Waals surface area contributed by atoms with Gasteiger partial charge in [-0.15, -0.1) is 0 Å². The van der Waals surface area contributed by atoms with Gasteiger partial charge >= 0.3 is 6.09 Å². The van der Waals surface area contributed by atoms with E-state index in [1.807, 2.05) is 0 Å². The summed E-state index contributed by atoms with van der Waals surface area (Å²) < 4.78 is 104. The largest absolute Gasteiger partial charge is 0.449 e. The van der Waals surface area contributed by atoms with Crippen LogP contribution in [0.25, 0.3) is 0 Å². The lowest BCUT2D eigenvalue weighted by molar-refractivity contribution is 0.146. The number of halogens is 6. The van der Waals surface area contributed by atoms with Crippen LogP contribution in [0.5, 0.6) is 0 Å². The molecule has 6 nitrogen and oxygen atoms in total. The molecule has 0 heterocycles. The number of amides is 1. The van der Waals surface area contributed by atoms with Crippen LogP contribution in [0.1, 0.15) is 29.7 Å². The van der Waals surface area contributed by atoms with Gasteiger partial charge in [-0.3, -0.25) is 4.31 Å². The number of anilines is 1. The molecule has 0 bridgehead atoms. The average molecular weight is 639 g/mol. The van der Waals surface area contributed by atoms with Crippen molar-refractivity contribution in [3.63, 3.8) is 0 Å². The smallest absolute Gasteiger partial charge is 0.407 e. The predicted molar refractivity (Wildman–Crippen MR) is 151 cm³/mol. The number of sulfonamides is 1. The molecule has 0 fully saturated rings. The van der Waals surface area contributed by atoms with Crippen LogP contribution in [0, 0.1) is 29.1 Å². The highest BCUT2D eigenvalue weighted by atomic mass is 35.5. The molecule has 4 aromatic carbocycles. The molecule has 226 valence electrons. The highest BCUT2D eigenvalue weighted by Gasteiger charge is 2.33. The first-order valence-corrected chi connectivity index (χ1v) is 14.6. The van der Waals surface area contributed by atoms with Crippen molar-refractivity contribution in [1.29, 1.82) is 0 Å². The van der Waals surface area contributed by atoms with E-state index < -0.39 is 56.9 Å². The first-order chi connectivity index (χ1) is 20.4. The number of alkyl carbamates (subject to hydrolysis) is 1. The molecule has 0 aliphatic carbocycles. The van der Waals surface area contributed by atoms with Gasteiger partial charge in [-0.1, -0.05) is 17.7 Å². The molecule has 4 rings (SSSR count). The maximum Gasteiger partial charge on any atom is 0.407 e. The minimum Gasteiger partial charge on any atom is -0.449 e. The first kappa shape index (κ1) is 31.8. The highest BCUT2D eigenvalue weighted by molar-refractivity contribution is 7.92. The summed E-state index contributed by atoms with van der Waals surface area (Å²) in [7, 11) is -4.54. The molecule has 13 heteroatoms. The lowest BCUT2D eigenvalue weighted by atomic mass is 9.98. The minimum absolute atomic E-state index is 0.107. The lowest BCUT2D eigenvalue weighted by Crippen LogP contribution is -2.35. The molecule has 0 aromatic heterocycles. The van der Waals surface area contributed by atoms with Gasteiger partial charge in [0, 0.05) is 29.6 Å². The van der Waals surface area contributed by atoms with E-state index in [1.165, 1.54) is 37.3 Å². The van der Waals surface area contributed by atoms with Crippen molar-refractivity contribution in [2.45, 2.75) is 30.8 Å². The minimum atomic E-state index is -4.54. The van der Waals surface area contributed by atoms with E-state index in [2.05, 4.69) is 5.32 Å². The van der Waals surface area contributed by atoms with E-state index in [0.717, 1.165) is 48.5 Å². The van der Waals surface area contributed by atoms with Gasteiger partial charge in [0.15, 0.2) is 0 Å². The highest BCUT2D eigenvalue weighted by Crippen LogP contribution is 2.37. The Labute approximate surface area is 249 Å². The molecule has 0 saturated heterocycles. The standard InChI is InChI=1S/C30H24ClF5N2O4S/c1-18(38(29-16-24(34)6-11-28(29)36)43(40,41)25-7-2-21(31)3-8-25)26-9-4-22(32)14-19(26)12-13-42-30(39)37-17-20-15-23(33)5-10-27(20)35/h2-11,14-16,18H,12-13,17H2,1H3,(H,37,39)/t18-/m1/s1. The summed E-state index contributed by atoms with van der Waals surface area (Å²) in [4.78, 5) is 11.9. The number of carbonyl (C=O) groups excluding carboxylic acids is 1. The van der Waals surface area contributed by atoms with Crippen molar-refractivity contribution >= 4 is 33.4 Å². The molecular formula is C30H24ClF5N2O4S. The Kier molecular flexibility index (Phi) is 9.92.